The van der Waals surface area contributed by atoms with Gasteiger partial charge in [-0.3, -0.25) is 0 Å². The topological polar surface area (TPSA) is 42.2 Å². The average Bonchev–Trinajstić information content (AvgIpc) is 2.78. The maximum atomic E-state index is 5.54. The van der Waals surface area contributed by atoms with Crippen molar-refractivity contribution in [2.45, 2.75) is 32.6 Å². The van der Waals surface area contributed by atoms with Crippen LogP contribution in [0.25, 0.3) is 0 Å². The van der Waals surface area contributed by atoms with E-state index in [0.717, 1.165) is 12.3 Å². The highest BCUT2D eigenvalue weighted by Crippen LogP contribution is 2.23. The van der Waals surface area contributed by atoms with E-state index >= 15 is 0 Å². The fourth-order valence-electron chi connectivity index (χ4n) is 2.46. The second-order valence-electron chi connectivity index (χ2n) is 4.85. The van der Waals surface area contributed by atoms with Crippen LogP contribution in [-0.2, 0) is 12.8 Å². The summed E-state index contributed by atoms with van der Waals surface area (Å²) in [6, 6.07) is 0. The van der Waals surface area contributed by atoms with Gasteiger partial charge < -0.3 is 10.6 Å². The van der Waals surface area contributed by atoms with Crippen LogP contribution in [0.4, 0.5) is 0 Å². The largest absolute Gasteiger partial charge is 0.330 e. The molecule has 1 aromatic rings. The zero-order chi connectivity index (χ0) is 12.1. The predicted octanol–water partition coefficient (Wildman–Crippen LogP) is 1.92. The van der Waals surface area contributed by atoms with Crippen LogP contribution >= 0.6 is 11.3 Å². The van der Waals surface area contributed by atoms with E-state index in [9.17, 15) is 0 Å². The lowest BCUT2D eigenvalue weighted by Crippen LogP contribution is -2.34. The Kier molecular flexibility index (Phi) is 4.95. The van der Waals surface area contributed by atoms with Gasteiger partial charge in [0.2, 0.25) is 0 Å². The van der Waals surface area contributed by atoms with Crippen molar-refractivity contribution in [3.8, 4) is 0 Å². The summed E-state index contributed by atoms with van der Waals surface area (Å²) < 4.78 is 0. The molecule has 0 aliphatic carbocycles. The molecule has 2 rings (SSSR count). The van der Waals surface area contributed by atoms with Crippen molar-refractivity contribution in [1.29, 1.82) is 0 Å². The molecule has 0 aromatic carbocycles. The molecule has 4 heteroatoms. The Morgan fingerprint density at radius 2 is 2.24 bits per heavy atom. The second kappa shape index (κ2) is 6.47. The molecule has 0 amide bonds. The van der Waals surface area contributed by atoms with Gasteiger partial charge in [-0.25, -0.2) is 4.98 Å². The minimum atomic E-state index is 0.706. The minimum Gasteiger partial charge on any atom is -0.330 e. The van der Waals surface area contributed by atoms with E-state index < -0.39 is 0 Å². The summed E-state index contributed by atoms with van der Waals surface area (Å²) in [7, 11) is 0. The molecule has 3 nitrogen and oxygen atoms in total. The van der Waals surface area contributed by atoms with Gasteiger partial charge in [0.15, 0.2) is 0 Å². The number of hydrogen-bond acceptors (Lipinski definition) is 4. The second-order valence-corrected chi connectivity index (χ2v) is 5.80. The molecule has 0 radical (unpaired) electrons. The molecular weight excluding hydrogens is 230 g/mol. The van der Waals surface area contributed by atoms with Crippen molar-refractivity contribution in [3.05, 3.63) is 16.1 Å². The minimum absolute atomic E-state index is 0.706. The van der Waals surface area contributed by atoms with Crippen LogP contribution in [0.15, 0.2) is 5.38 Å². The summed E-state index contributed by atoms with van der Waals surface area (Å²) in [5, 5.41) is 3.48. The highest BCUT2D eigenvalue weighted by Gasteiger charge is 2.19. The van der Waals surface area contributed by atoms with Gasteiger partial charge in [-0.2, -0.15) is 0 Å². The summed E-state index contributed by atoms with van der Waals surface area (Å²) in [6.45, 7) is 6.69. The van der Waals surface area contributed by atoms with Crippen molar-refractivity contribution in [2.24, 2.45) is 11.7 Å². The zero-order valence-electron chi connectivity index (χ0n) is 10.7. The van der Waals surface area contributed by atoms with Gasteiger partial charge >= 0.3 is 0 Å². The molecule has 0 saturated carbocycles. The highest BCUT2D eigenvalue weighted by molar-refractivity contribution is 7.09. The Hall–Kier alpha value is -0.450. The van der Waals surface area contributed by atoms with Crippen molar-refractivity contribution >= 4 is 11.3 Å². The number of rotatable bonds is 5. The van der Waals surface area contributed by atoms with E-state index in [0.29, 0.717) is 6.54 Å². The fraction of sp³-hybridized carbons (Fsp3) is 0.769. The number of hydrogen-bond donors (Lipinski definition) is 1. The van der Waals surface area contributed by atoms with Crippen molar-refractivity contribution < 1.29 is 0 Å². The molecule has 1 aliphatic heterocycles. The summed E-state index contributed by atoms with van der Waals surface area (Å²) in [5.41, 5.74) is 6.72. The molecule has 0 unspecified atom stereocenters. The van der Waals surface area contributed by atoms with E-state index in [1.807, 2.05) is 11.3 Å². The number of piperidine rings is 1. The molecule has 0 atom stereocenters. The monoisotopic (exact) mass is 253 g/mol. The summed E-state index contributed by atoms with van der Waals surface area (Å²) >= 11 is 1.81. The van der Waals surface area contributed by atoms with Crippen molar-refractivity contribution in [3.63, 3.8) is 0 Å². The maximum absolute atomic E-state index is 5.54. The van der Waals surface area contributed by atoms with E-state index in [1.165, 1.54) is 49.6 Å². The first-order valence-corrected chi connectivity index (χ1v) is 7.55. The standard InChI is InChI=1S/C13H23N3S/c1-2-16-7-4-11(5-8-16)9-13-15-12(3-6-14)10-17-13/h10-11H,2-9,14H2,1H3. The molecule has 2 heterocycles. The molecule has 0 bridgehead atoms. The molecule has 1 aromatic heterocycles. The number of thiazole rings is 1. The Labute approximate surface area is 108 Å². The third-order valence-electron chi connectivity index (χ3n) is 3.62. The highest BCUT2D eigenvalue weighted by atomic mass is 32.1. The lowest BCUT2D eigenvalue weighted by molar-refractivity contribution is 0.192. The zero-order valence-corrected chi connectivity index (χ0v) is 11.5. The van der Waals surface area contributed by atoms with E-state index in [1.54, 1.807) is 0 Å². The third kappa shape index (κ3) is 3.76. The molecule has 2 N–H and O–H groups in total. The SMILES string of the molecule is CCN1CCC(Cc2nc(CCN)cs2)CC1. The van der Waals surface area contributed by atoms with Gasteiger partial charge in [-0.1, -0.05) is 6.92 Å². The van der Waals surface area contributed by atoms with Crippen molar-refractivity contribution in [1.82, 2.24) is 9.88 Å². The third-order valence-corrected chi connectivity index (χ3v) is 4.54. The van der Waals surface area contributed by atoms with Crippen LogP contribution in [0.2, 0.25) is 0 Å². The Bertz CT molecular complexity index is 329. The van der Waals surface area contributed by atoms with Gasteiger partial charge in [0.05, 0.1) is 10.7 Å². The molecular formula is C13H23N3S. The van der Waals surface area contributed by atoms with Gasteiger partial charge in [-0.15, -0.1) is 11.3 Å². The van der Waals surface area contributed by atoms with Gasteiger partial charge in [0, 0.05) is 18.2 Å². The average molecular weight is 253 g/mol. The fourth-order valence-corrected chi connectivity index (χ4v) is 3.40. The van der Waals surface area contributed by atoms with Gasteiger partial charge in [0.25, 0.3) is 0 Å². The number of likely N-dealkylation sites (tertiary alicyclic amines) is 1. The lowest BCUT2D eigenvalue weighted by Gasteiger charge is -2.30. The molecule has 0 spiro atoms. The molecule has 1 saturated heterocycles. The first-order valence-electron chi connectivity index (χ1n) is 6.67. The molecule has 1 fully saturated rings. The lowest BCUT2D eigenvalue weighted by atomic mass is 9.94. The molecule has 96 valence electrons. The summed E-state index contributed by atoms with van der Waals surface area (Å²) in [6.07, 6.45) is 4.76. The quantitative estimate of drug-likeness (QED) is 0.872. The van der Waals surface area contributed by atoms with Crippen LogP contribution in [0.5, 0.6) is 0 Å². The molecule has 1 aliphatic rings. The van der Waals surface area contributed by atoms with Crippen LogP contribution in [0, 0.1) is 5.92 Å². The van der Waals surface area contributed by atoms with E-state index in [4.69, 9.17) is 5.73 Å². The van der Waals surface area contributed by atoms with Gasteiger partial charge in [0.1, 0.15) is 0 Å². The number of nitrogens with two attached hydrogens (primary N) is 1. The first kappa shape index (κ1) is 13.0. The predicted molar refractivity (Wildman–Crippen MR) is 73.4 cm³/mol. The van der Waals surface area contributed by atoms with E-state index in [2.05, 4.69) is 22.2 Å². The summed E-state index contributed by atoms with van der Waals surface area (Å²) in [4.78, 5) is 7.20. The Morgan fingerprint density at radius 1 is 1.47 bits per heavy atom. The molecule has 17 heavy (non-hydrogen) atoms. The van der Waals surface area contributed by atoms with Crippen LogP contribution in [0.3, 0.4) is 0 Å². The number of nitrogens with zero attached hydrogens (tertiary/aromatic N) is 2. The Morgan fingerprint density at radius 3 is 2.88 bits per heavy atom. The van der Waals surface area contributed by atoms with Crippen LogP contribution < -0.4 is 5.73 Å². The summed E-state index contributed by atoms with van der Waals surface area (Å²) in [5.74, 6) is 0.842. The van der Waals surface area contributed by atoms with Crippen molar-refractivity contribution in [2.75, 3.05) is 26.2 Å². The van der Waals surface area contributed by atoms with E-state index in [-0.39, 0.29) is 0 Å². The first-order chi connectivity index (χ1) is 8.31. The van der Waals surface area contributed by atoms with Crippen LogP contribution in [0.1, 0.15) is 30.5 Å². The van der Waals surface area contributed by atoms with Crippen LogP contribution in [-0.4, -0.2) is 36.1 Å². The maximum Gasteiger partial charge on any atom is 0.0931 e. The number of aromatic nitrogens is 1. The normalized spacial score (nSPS) is 18.7. The van der Waals surface area contributed by atoms with Gasteiger partial charge in [-0.05, 0) is 44.9 Å². The smallest absolute Gasteiger partial charge is 0.0931 e. The Balaban J connectivity index is 1.80.